The lowest BCUT2D eigenvalue weighted by Crippen LogP contribution is -2.46. The van der Waals surface area contributed by atoms with Gasteiger partial charge in [-0.05, 0) is 44.9 Å². The minimum atomic E-state index is -1.43. The number of amides is 1. The number of carbonyl (C=O) groups is 1. The molecule has 0 spiro atoms. The zero-order valence-electron chi connectivity index (χ0n) is 14.9. The molecule has 1 amide bonds. The van der Waals surface area contributed by atoms with Gasteiger partial charge in [-0.1, -0.05) is 12.1 Å². The molecule has 0 aliphatic carbocycles. The molecule has 3 atom stereocenters. The number of nitrogens with zero attached hydrogens (tertiary/aromatic N) is 2. The zero-order chi connectivity index (χ0) is 18.0. The summed E-state index contributed by atoms with van der Waals surface area (Å²) in [5.74, 6) is 0.393. The Morgan fingerprint density at radius 2 is 2.16 bits per heavy atom. The first-order valence-corrected chi connectivity index (χ1v) is 8.60. The Bertz CT molecular complexity index is 731. The monoisotopic (exact) mass is 343 g/mol. The van der Waals surface area contributed by atoms with Crippen LogP contribution in [0.25, 0.3) is 0 Å². The molecule has 2 aromatic rings. The number of aliphatic hydroxyl groups is 1. The molecule has 6 heteroatoms. The van der Waals surface area contributed by atoms with Crippen LogP contribution < -0.4 is 5.32 Å². The lowest BCUT2D eigenvalue weighted by molar-refractivity contribution is -0.137. The molecule has 6 nitrogen and oxygen atoms in total. The molecular formula is C19H25N3O3. The van der Waals surface area contributed by atoms with Crippen LogP contribution in [0, 0.1) is 12.8 Å². The highest BCUT2D eigenvalue weighted by molar-refractivity contribution is 5.97. The first kappa shape index (κ1) is 17.6. The van der Waals surface area contributed by atoms with Crippen LogP contribution in [0.2, 0.25) is 0 Å². The second kappa shape index (κ2) is 6.98. The Labute approximate surface area is 147 Å². The van der Waals surface area contributed by atoms with Crippen molar-refractivity contribution in [1.82, 2.24) is 9.55 Å². The van der Waals surface area contributed by atoms with E-state index in [0.717, 1.165) is 11.4 Å². The molecule has 0 saturated carbocycles. The number of aryl methyl sites for hydroxylation is 1. The van der Waals surface area contributed by atoms with Crippen LogP contribution in [0.3, 0.4) is 0 Å². The van der Waals surface area contributed by atoms with Gasteiger partial charge in [0, 0.05) is 30.6 Å². The molecule has 3 rings (SSSR count). The number of benzene rings is 1. The van der Waals surface area contributed by atoms with E-state index in [1.54, 1.807) is 13.1 Å². The molecule has 25 heavy (non-hydrogen) atoms. The molecule has 1 aromatic heterocycles. The van der Waals surface area contributed by atoms with Crippen molar-refractivity contribution in [2.75, 3.05) is 18.5 Å². The summed E-state index contributed by atoms with van der Waals surface area (Å²) in [5.41, 5.74) is 0.355. The largest absolute Gasteiger partial charge is 0.381 e. The summed E-state index contributed by atoms with van der Waals surface area (Å²) in [4.78, 5) is 16.7. The van der Waals surface area contributed by atoms with Crippen molar-refractivity contribution in [3.8, 4) is 0 Å². The molecule has 1 saturated heterocycles. The van der Waals surface area contributed by atoms with E-state index >= 15 is 0 Å². The Balaban J connectivity index is 1.68. The van der Waals surface area contributed by atoms with Crippen molar-refractivity contribution < 1.29 is 14.6 Å². The summed E-state index contributed by atoms with van der Waals surface area (Å²) in [6.07, 6.45) is 4.44. The maximum atomic E-state index is 12.4. The molecule has 2 unspecified atom stereocenters. The number of nitrogens with one attached hydrogen (secondary N) is 1. The van der Waals surface area contributed by atoms with E-state index in [2.05, 4.69) is 21.8 Å². The Morgan fingerprint density at radius 3 is 2.72 bits per heavy atom. The third-order valence-corrected chi connectivity index (χ3v) is 5.11. The van der Waals surface area contributed by atoms with Crippen molar-refractivity contribution in [3.63, 3.8) is 0 Å². The van der Waals surface area contributed by atoms with Crippen LogP contribution in [0.15, 0.2) is 36.7 Å². The molecule has 1 aliphatic rings. The van der Waals surface area contributed by atoms with Gasteiger partial charge < -0.3 is 19.7 Å². The number of ether oxygens (including phenoxy) is 1. The Hall–Kier alpha value is -2.18. The number of rotatable bonds is 5. The molecule has 0 bridgehead atoms. The molecule has 0 radical (unpaired) electrons. The predicted octanol–water partition coefficient (Wildman–Crippen LogP) is 2.53. The number of carbonyl (C=O) groups excluding carboxylic acids is 1. The SMILES string of the molecule is Cc1nccn1[C@@H](C)c1ccc(NC(=O)C(C)(O)C2CCOC2)cc1. The fraction of sp³-hybridized carbons (Fsp3) is 0.474. The number of aromatic nitrogens is 2. The highest BCUT2D eigenvalue weighted by Gasteiger charge is 2.41. The van der Waals surface area contributed by atoms with Crippen LogP contribution in [0.4, 0.5) is 5.69 Å². The molecule has 1 aliphatic heterocycles. The van der Waals surface area contributed by atoms with Crippen molar-refractivity contribution >= 4 is 11.6 Å². The molecule has 1 fully saturated rings. The smallest absolute Gasteiger partial charge is 0.256 e. The lowest BCUT2D eigenvalue weighted by Gasteiger charge is -2.27. The van der Waals surface area contributed by atoms with Gasteiger partial charge in [-0.25, -0.2) is 4.98 Å². The van der Waals surface area contributed by atoms with Crippen LogP contribution in [-0.2, 0) is 9.53 Å². The summed E-state index contributed by atoms with van der Waals surface area (Å²) in [7, 11) is 0. The molecule has 2 heterocycles. The van der Waals surface area contributed by atoms with Gasteiger partial charge in [0.2, 0.25) is 0 Å². The number of hydrogen-bond acceptors (Lipinski definition) is 4. The van der Waals surface area contributed by atoms with Crippen LogP contribution in [-0.4, -0.2) is 39.4 Å². The molecular weight excluding hydrogens is 318 g/mol. The average Bonchev–Trinajstić information content (AvgIpc) is 3.26. The third-order valence-electron chi connectivity index (χ3n) is 5.11. The second-order valence-corrected chi connectivity index (χ2v) is 6.84. The van der Waals surface area contributed by atoms with Gasteiger partial charge in [-0.15, -0.1) is 0 Å². The third kappa shape index (κ3) is 3.60. The van der Waals surface area contributed by atoms with E-state index in [4.69, 9.17) is 4.74 Å². The summed E-state index contributed by atoms with van der Waals surface area (Å²) in [6.45, 7) is 6.64. The summed E-state index contributed by atoms with van der Waals surface area (Å²) < 4.78 is 7.38. The zero-order valence-corrected chi connectivity index (χ0v) is 14.9. The second-order valence-electron chi connectivity index (χ2n) is 6.84. The number of anilines is 1. The predicted molar refractivity (Wildman–Crippen MR) is 95.4 cm³/mol. The maximum absolute atomic E-state index is 12.4. The van der Waals surface area contributed by atoms with Gasteiger partial charge in [-0.3, -0.25) is 4.79 Å². The van der Waals surface area contributed by atoms with Crippen molar-refractivity contribution in [3.05, 3.63) is 48.0 Å². The number of hydrogen-bond donors (Lipinski definition) is 2. The van der Waals surface area contributed by atoms with Crippen molar-refractivity contribution in [2.24, 2.45) is 5.92 Å². The van der Waals surface area contributed by atoms with Gasteiger partial charge in [-0.2, -0.15) is 0 Å². The van der Waals surface area contributed by atoms with E-state index in [9.17, 15) is 9.90 Å². The van der Waals surface area contributed by atoms with Gasteiger partial charge >= 0.3 is 0 Å². The highest BCUT2D eigenvalue weighted by atomic mass is 16.5. The minimum Gasteiger partial charge on any atom is -0.381 e. The standard InChI is InChI=1S/C19H25N3O3/c1-13(22-10-9-20-14(22)2)15-4-6-17(7-5-15)21-18(23)19(3,24)16-8-11-25-12-16/h4-7,9-10,13,16,24H,8,11-12H2,1-3H3,(H,21,23)/t13-,16?,19?/m0/s1. The minimum absolute atomic E-state index is 0.158. The first-order chi connectivity index (χ1) is 11.9. The van der Waals surface area contributed by atoms with E-state index in [-0.39, 0.29) is 12.0 Å². The van der Waals surface area contributed by atoms with Crippen LogP contribution in [0.5, 0.6) is 0 Å². The van der Waals surface area contributed by atoms with E-state index in [1.165, 1.54) is 0 Å². The lowest BCUT2D eigenvalue weighted by atomic mass is 9.87. The van der Waals surface area contributed by atoms with Crippen LogP contribution >= 0.6 is 0 Å². The van der Waals surface area contributed by atoms with E-state index in [0.29, 0.717) is 25.3 Å². The van der Waals surface area contributed by atoms with Crippen LogP contribution in [0.1, 0.15) is 37.7 Å². The highest BCUT2D eigenvalue weighted by Crippen LogP contribution is 2.27. The fourth-order valence-corrected chi connectivity index (χ4v) is 3.22. The van der Waals surface area contributed by atoms with Gasteiger partial charge in [0.1, 0.15) is 11.4 Å². The summed E-state index contributed by atoms with van der Waals surface area (Å²) in [6, 6.07) is 7.83. The van der Waals surface area contributed by atoms with Crippen molar-refractivity contribution in [1.29, 1.82) is 0 Å². The fourth-order valence-electron chi connectivity index (χ4n) is 3.22. The van der Waals surface area contributed by atoms with Gasteiger partial charge in [0.05, 0.1) is 12.6 Å². The average molecular weight is 343 g/mol. The summed E-state index contributed by atoms with van der Waals surface area (Å²) >= 11 is 0. The maximum Gasteiger partial charge on any atom is 0.256 e. The molecule has 134 valence electrons. The van der Waals surface area contributed by atoms with E-state index in [1.807, 2.05) is 37.4 Å². The summed E-state index contributed by atoms with van der Waals surface area (Å²) in [5, 5.41) is 13.3. The van der Waals surface area contributed by atoms with Gasteiger partial charge in [0.25, 0.3) is 5.91 Å². The van der Waals surface area contributed by atoms with Gasteiger partial charge in [0.15, 0.2) is 0 Å². The van der Waals surface area contributed by atoms with Crippen molar-refractivity contribution in [2.45, 2.75) is 38.8 Å². The quantitative estimate of drug-likeness (QED) is 0.875. The number of imidazole rings is 1. The molecule has 2 N–H and O–H groups in total. The molecule has 1 aromatic carbocycles. The Morgan fingerprint density at radius 1 is 1.44 bits per heavy atom. The first-order valence-electron chi connectivity index (χ1n) is 8.60. The van der Waals surface area contributed by atoms with E-state index < -0.39 is 11.5 Å². The normalized spacial score (nSPS) is 20.9. The topological polar surface area (TPSA) is 76.4 Å². The Kier molecular flexibility index (Phi) is 4.92.